The van der Waals surface area contributed by atoms with Crippen LogP contribution in [0.2, 0.25) is 0 Å². The molecule has 1 saturated carbocycles. The van der Waals surface area contributed by atoms with Crippen molar-refractivity contribution in [3.05, 3.63) is 100 Å². The second-order valence-electron chi connectivity index (χ2n) is 12.7. The highest BCUT2D eigenvalue weighted by Crippen LogP contribution is 2.35. The van der Waals surface area contributed by atoms with E-state index in [-0.39, 0.29) is 87.9 Å². The molecule has 4 heterocycles. The average molecular weight is 688 g/mol. The van der Waals surface area contributed by atoms with Gasteiger partial charge in [0.2, 0.25) is 5.88 Å². The molecule has 2 aliphatic rings. The third-order valence-electron chi connectivity index (χ3n) is 8.98. The van der Waals surface area contributed by atoms with Crippen LogP contribution >= 0.6 is 0 Å². The molecule has 2 fully saturated rings. The summed E-state index contributed by atoms with van der Waals surface area (Å²) in [4.78, 5) is 37.2. The number of nitrogens with zero attached hydrogens (tertiary/aromatic N) is 4. The Kier molecular flexibility index (Phi) is 8.64. The van der Waals surface area contributed by atoms with E-state index in [4.69, 9.17) is 14.2 Å². The van der Waals surface area contributed by atoms with Gasteiger partial charge in [-0.2, -0.15) is 0 Å². The van der Waals surface area contributed by atoms with Gasteiger partial charge < -0.3 is 29.2 Å². The smallest absolute Gasteiger partial charge is 0.335 e. The number of aromatic carboxylic acids is 1. The first-order valence-corrected chi connectivity index (χ1v) is 16.0. The van der Waals surface area contributed by atoms with Gasteiger partial charge in [-0.3, -0.25) is 9.78 Å². The van der Waals surface area contributed by atoms with E-state index in [1.54, 1.807) is 16.7 Å². The van der Waals surface area contributed by atoms with Crippen LogP contribution in [-0.2, 0) is 24.3 Å². The van der Waals surface area contributed by atoms with Crippen molar-refractivity contribution in [3.63, 3.8) is 0 Å². The van der Waals surface area contributed by atoms with E-state index in [0.29, 0.717) is 17.9 Å². The largest absolute Gasteiger partial charge is 0.496 e. The molecular formula is C36H32F3N5O6. The van der Waals surface area contributed by atoms with Gasteiger partial charge in [0.05, 0.1) is 36.5 Å². The normalized spacial score (nSPS) is 16.1. The van der Waals surface area contributed by atoms with Gasteiger partial charge in [-0.25, -0.2) is 27.9 Å². The monoisotopic (exact) mass is 687 g/mol. The third-order valence-corrected chi connectivity index (χ3v) is 8.98. The maximum atomic E-state index is 15.6. The van der Waals surface area contributed by atoms with E-state index in [9.17, 15) is 19.1 Å². The molecule has 0 bridgehead atoms. The lowest BCUT2D eigenvalue weighted by Crippen LogP contribution is -2.34. The number of carboxylic acid groups (broad SMARTS) is 1. The lowest BCUT2D eigenvalue weighted by Gasteiger charge is -2.27. The number of carboxylic acids is 1. The van der Waals surface area contributed by atoms with Crippen molar-refractivity contribution >= 4 is 22.9 Å². The summed E-state index contributed by atoms with van der Waals surface area (Å²) < 4.78 is 64.6. The molecule has 7 rings (SSSR count). The fraction of sp³-hybridized carbons (Fsp3) is 0.306. The van der Waals surface area contributed by atoms with Crippen LogP contribution in [0.5, 0.6) is 11.6 Å². The summed E-state index contributed by atoms with van der Waals surface area (Å²) in [7, 11) is 1.47. The number of hydrogen-bond donors (Lipinski definition) is 2. The van der Waals surface area contributed by atoms with Crippen LogP contribution in [0.3, 0.4) is 0 Å². The topological polar surface area (TPSA) is 138 Å². The molecule has 0 spiro atoms. The Morgan fingerprint density at radius 1 is 1.06 bits per heavy atom. The average Bonchev–Trinajstić information content (AvgIpc) is 3.70. The molecule has 1 aliphatic heterocycles. The van der Waals surface area contributed by atoms with Crippen molar-refractivity contribution in [3.8, 4) is 22.9 Å². The van der Waals surface area contributed by atoms with Gasteiger partial charge in [0, 0.05) is 48.0 Å². The number of benzene rings is 2. The van der Waals surface area contributed by atoms with Crippen molar-refractivity contribution in [1.82, 2.24) is 24.8 Å². The fourth-order valence-electron chi connectivity index (χ4n) is 5.75. The van der Waals surface area contributed by atoms with Crippen LogP contribution in [0, 0.1) is 17.5 Å². The van der Waals surface area contributed by atoms with E-state index in [0.717, 1.165) is 37.5 Å². The molecule has 1 amide bonds. The molecule has 11 nitrogen and oxygen atoms in total. The van der Waals surface area contributed by atoms with E-state index in [1.807, 2.05) is 6.92 Å². The maximum Gasteiger partial charge on any atom is 0.335 e. The summed E-state index contributed by atoms with van der Waals surface area (Å²) in [5.74, 6) is -3.17. The first-order valence-electron chi connectivity index (χ1n) is 16.0. The van der Waals surface area contributed by atoms with Crippen LogP contribution in [0.25, 0.3) is 22.3 Å². The first kappa shape index (κ1) is 33.0. The molecule has 1 atom stereocenters. The second kappa shape index (κ2) is 13.1. The molecule has 1 aliphatic carbocycles. The molecule has 258 valence electrons. The number of halogens is 3. The van der Waals surface area contributed by atoms with Crippen molar-refractivity contribution < 1.29 is 42.1 Å². The second-order valence-corrected chi connectivity index (χ2v) is 12.7. The first-order chi connectivity index (χ1) is 24.0. The van der Waals surface area contributed by atoms with Crippen molar-refractivity contribution in [2.75, 3.05) is 13.7 Å². The van der Waals surface area contributed by atoms with E-state index < -0.39 is 23.4 Å². The SMILES string of the molecule is COc1cc(C(=O)NC2(C)CC2)ncc1COc1cccc(-c2cc(F)c(Cc3nc4c(F)cc(C(=O)O)cc4n3C[C@@H]3CCO3)cc2F)n1. The predicted octanol–water partition coefficient (Wildman–Crippen LogP) is 5.86. The van der Waals surface area contributed by atoms with Gasteiger partial charge >= 0.3 is 5.97 Å². The number of amides is 1. The number of imidazole rings is 1. The van der Waals surface area contributed by atoms with Crippen LogP contribution in [0.1, 0.15) is 64.0 Å². The van der Waals surface area contributed by atoms with Gasteiger partial charge in [-0.1, -0.05) is 6.07 Å². The zero-order chi connectivity index (χ0) is 35.2. The minimum Gasteiger partial charge on any atom is -0.496 e. The number of carbonyl (C=O) groups excluding carboxylic acids is 1. The molecule has 0 unspecified atom stereocenters. The number of hydrogen-bond acceptors (Lipinski definition) is 8. The highest BCUT2D eigenvalue weighted by Gasteiger charge is 2.39. The van der Waals surface area contributed by atoms with Gasteiger partial charge in [-0.05, 0) is 62.1 Å². The molecule has 0 radical (unpaired) electrons. The molecule has 2 aromatic carbocycles. The summed E-state index contributed by atoms with van der Waals surface area (Å²) in [6.45, 7) is 2.74. The van der Waals surface area contributed by atoms with Gasteiger partial charge in [0.15, 0.2) is 5.82 Å². The Bertz CT molecular complexity index is 2150. The summed E-state index contributed by atoms with van der Waals surface area (Å²) in [5, 5.41) is 12.4. The number of carbonyl (C=O) groups is 2. The number of fused-ring (bicyclic) bond motifs is 1. The zero-order valence-corrected chi connectivity index (χ0v) is 27.1. The van der Waals surface area contributed by atoms with Crippen molar-refractivity contribution in [1.29, 1.82) is 0 Å². The van der Waals surface area contributed by atoms with Crippen molar-refractivity contribution in [2.24, 2.45) is 0 Å². The lowest BCUT2D eigenvalue weighted by molar-refractivity contribution is -0.0589. The molecule has 2 N–H and O–H groups in total. The maximum absolute atomic E-state index is 15.6. The van der Waals surface area contributed by atoms with Crippen LogP contribution in [-0.4, -0.2) is 61.9 Å². The Hall–Kier alpha value is -5.50. The Balaban J connectivity index is 1.10. The van der Waals surface area contributed by atoms with Gasteiger partial charge in [0.1, 0.15) is 41.0 Å². The number of pyridine rings is 2. The summed E-state index contributed by atoms with van der Waals surface area (Å²) in [5.41, 5.74) is 0.434. The number of rotatable bonds is 12. The van der Waals surface area contributed by atoms with E-state index >= 15 is 8.78 Å². The van der Waals surface area contributed by atoms with Gasteiger partial charge in [-0.15, -0.1) is 0 Å². The molecular weight excluding hydrogens is 655 g/mol. The number of nitrogens with one attached hydrogen (secondary N) is 1. The molecule has 3 aromatic heterocycles. The highest BCUT2D eigenvalue weighted by molar-refractivity contribution is 5.94. The van der Waals surface area contributed by atoms with Crippen molar-refractivity contribution in [2.45, 2.75) is 57.4 Å². The van der Waals surface area contributed by atoms with Crippen LogP contribution < -0.4 is 14.8 Å². The quantitative estimate of drug-likeness (QED) is 0.165. The molecule has 5 aromatic rings. The molecule has 14 heteroatoms. The predicted molar refractivity (Wildman–Crippen MR) is 174 cm³/mol. The summed E-state index contributed by atoms with van der Waals surface area (Å²) >= 11 is 0. The molecule has 50 heavy (non-hydrogen) atoms. The van der Waals surface area contributed by atoms with Crippen LogP contribution in [0.15, 0.2) is 54.7 Å². The van der Waals surface area contributed by atoms with E-state index in [2.05, 4.69) is 20.3 Å². The zero-order valence-electron chi connectivity index (χ0n) is 27.1. The summed E-state index contributed by atoms with van der Waals surface area (Å²) in [6, 6.07) is 10.5. The highest BCUT2D eigenvalue weighted by atomic mass is 19.1. The van der Waals surface area contributed by atoms with E-state index in [1.165, 1.54) is 31.5 Å². The third kappa shape index (κ3) is 6.70. The Morgan fingerprint density at radius 3 is 2.56 bits per heavy atom. The number of ether oxygens (including phenoxy) is 3. The fourth-order valence-corrected chi connectivity index (χ4v) is 5.75. The number of aromatic nitrogens is 4. The van der Waals surface area contributed by atoms with Crippen LogP contribution in [0.4, 0.5) is 13.2 Å². The molecule has 1 saturated heterocycles. The minimum atomic E-state index is -1.30. The Morgan fingerprint density at radius 2 is 1.86 bits per heavy atom. The Labute approximate surface area is 284 Å². The van der Waals surface area contributed by atoms with Gasteiger partial charge in [0.25, 0.3) is 5.91 Å². The number of methoxy groups -OCH3 is 1. The minimum absolute atomic E-state index is 0.0243. The lowest BCUT2D eigenvalue weighted by atomic mass is 10.0. The standard InChI is InChI=1S/C36H32F3N5O6/c1-36(7-8-36)43-34(45)28-15-30(48-2)21(16-40-28)18-50-32-5-3-4-27(41-32)23-14-24(37)19(10-25(23)38)13-31-42-33-26(39)11-20(35(46)47)12-29(33)44(31)17-22-6-9-49-22/h3-5,10-12,14-16,22H,6-9,13,17-18H2,1-2H3,(H,43,45)(H,46,47)/t22-/m0/s1. The summed E-state index contributed by atoms with van der Waals surface area (Å²) in [6.07, 6.45) is 3.64.